The van der Waals surface area contributed by atoms with Gasteiger partial charge in [0, 0.05) is 4.90 Å². The number of unbranched alkanes of at least 4 members (excludes halogenated alkanes) is 2. The van der Waals surface area contributed by atoms with Crippen molar-refractivity contribution in [3.63, 3.8) is 0 Å². The van der Waals surface area contributed by atoms with E-state index in [2.05, 4.69) is 32.5 Å². The number of rotatable bonds is 6. The molecule has 0 aliphatic heterocycles. The van der Waals surface area contributed by atoms with Crippen molar-refractivity contribution in [3.05, 3.63) is 23.3 Å². The van der Waals surface area contributed by atoms with E-state index in [0.717, 1.165) is 24.2 Å². The lowest BCUT2D eigenvalue weighted by atomic mass is 9.97. The third-order valence-electron chi connectivity index (χ3n) is 2.94. The number of benzene rings is 1. The summed E-state index contributed by atoms with van der Waals surface area (Å²) in [7, 11) is 0. The van der Waals surface area contributed by atoms with Gasteiger partial charge < -0.3 is 5.11 Å². The molecule has 0 radical (unpaired) electrons. The summed E-state index contributed by atoms with van der Waals surface area (Å²) in [6, 6.07) is 3.82. The van der Waals surface area contributed by atoms with Crippen molar-refractivity contribution in [2.24, 2.45) is 0 Å². The molecule has 0 amide bonds. The van der Waals surface area contributed by atoms with Crippen LogP contribution >= 0.6 is 12.6 Å². The maximum atomic E-state index is 9.67. The summed E-state index contributed by atoms with van der Waals surface area (Å²) in [5, 5.41) is 9.67. The molecule has 0 heterocycles. The van der Waals surface area contributed by atoms with Crippen molar-refractivity contribution >= 4 is 12.6 Å². The number of hydrogen-bond donors (Lipinski definition) is 2. The first-order chi connectivity index (χ1) is 7.70. The molecule has 90 valence electrons. The van der Waals surface area contributed by atoms with E-state index in [1.807, 2.05) is 0 Å². The van der Waals surface area contributed by atoms with E-state index in [4.69, 9.17) is 0 Å². The predicted molar refractivity (Wildman–Crippen MR) is 72.6 cm³/mol. The van der Waals surface area contributed by atoms with Gasteiger partial charge in [0.1, 0.15) is 5.75 Å². The summed E-state index contributed by atoms with van der Waals surface area (Å²) in [5.41, 5.74) is 2.61. The quantitative estimate of drug-likeness (QED) is 0.705. The van der Waals surface area contributed by atoms with E-state index in [1.54, 1.807) is 6.07 Å². The van der Waals surface area contributed by atoms with E-state index in [-0.39, 0.29) is 0 Å². The SMILES string of the molecule is CCCCc1ccc(O)c(S)c1CCCC. The maximum absolute atomic E-state index is 9.67. The first-order valence-corrected chi connectivity index (χ1v) is 6.68. The van der Waals surface area contributed by atoms with Gasteiger partial charge in [-0.3, -0.25) is 0 Å². The Morgan fingerprint density at radius 3 is 2.31 bits per heavy atom. The number of phenols is 1. The van der Waals surface area contributed by atoms with Crippen LogP contribution in [0.1, 0.15) is 50.7 Å². The van der Waals surface area contributed by atoms with Crippen LogP contribution in [-0.2, 0) is 12.8 Å². The van der Waals surface area contributed by atoms with Gasteiger partial charge in [-0.1, -0.05) is 32.8 Å². The Bertz CT molecular complexity index is 334. The van der Waals surface area contributed by atoms with Crippen LogP contribution in [0.2, 0.25) is 0 Å². The highest BCUT2D eigenvalue weighted by Crippen LogP contribution is 2.30. The lowest BCUT2D eigenvalue weighted by Crippen LogP contribution is -1.97. The molecule has 0 aliphatic carbocycles. The number of aromatic hydroxyl groups is 1. The maximum Gasteiger partial charge on any atom is 0.129 e. The highest BCUT2D eigenvalue weighted by Gasteiger charge is 2.09. The fraction of sp³-hybridized carbons (Fsp3) is 0.571. The van der Waals surface area contributed by atoms with Crippen molar-refractivity contribution in [2.75, 3.05) is 0 Å². The Hall–Kier alpha value is -0.630. The van der Waals surface area contributed by atoms with Gasteiger partial charge in [0.15, 0.2) is 0 Å². The zero-order valence-electron chi connectivity index (χ0n) is 10.3. The fourth-order valence-corrected chi connectivity index (χ4v) is 2.23. The Morgan fingerprint density at radius 2 is 1.69 bits per heavy atom. The lowest BCUT2D eigenvalue weighted by Gasteiger charge is -2.13. The van der Waals surface area contributed by atoms with Gasteiger partial charge in [0.2, 0.25) is 0 Å². The summed E-state index contributed by atoms with van der Waals surface area (Å²) >= 11 is 4.43. The second-order valence-corrected chi connectivity index (χ2v) is 4.73. The van der Waals surface area contributed by atoms with Gasteiger partial charge in [0.05, 0.1) is 0 Å². The van der Waals surface area contributed by atoms with E-state index >= 15 is 0 Å². The molecule has 0 fully saturated rings. The van der Waals surface area contributed by atoms with Gasteiger partial charge in [-0.15, -0.1) is 12.6 Å². The third kappa shape index (κ3) is 3.44. The minimum Gasteiger partial charge on any atom is -0.507 e. The first kappa shape index (κ1) is 13.4. The molecule has 0 aliphatic rings. The molecule has 0 saturated carbocycles. The molecule has 0 bridgehead atoms. The Morgan fingerprint density at radius 1 is 1.06 bits per heavy atom. The minimum absolute atomic E-state index is 0.315. The molecule has 16 heavy (non-hydrogen) atoms. The van der Waals surface area contributed by atoms with Crippen molar-refractivity contribution in [1.82, 2.24) is 0 Å². The molecule has 2 heteroatoms. The first-order valence-electron chi connectivity index (χ1n) is 6.23. The molecule has 0 saturated heterocycles. The molecule has 1 nitrogen and oxygen atoms in total. The summed E-state index contributed by atoms with van der Waals surface area (Å²) < 4.78 is 0. The molecule has 0 atom stereocenters. The summed E-state index contributed by atoms with van der Waals surface area (Å²) in [5.74, 6) is 0.315. The van der Waals surface area contributed by atoms with Crippen molar-refractivity contribution in [2.45, 2.75) is 57.3 Å². The summed E-state index contributed by atoms with van der Waals surface area (Å²) in [4.78, 5) is 0.780. The minimum atomic E-state index is 0.315. The monoisotopic (exact) mass is 238 g/mol. The molecule has 1 aromatic carbocycles. The molecule has 0 spiro atoms. The van der Waals surface area contributed by atoms with Gasteiger partial charge in [-0.2, -0.15) is 0 Å². The topological polar surface area (TPSA) is 20.2 Å². The molecule has 0 aromatic heterocycles. The third-order valence-corrected chi connectivity index (χ3v) is 3.44. The van der Waals surface area contributed by atoms with Crippen LogP contribution in [0.4, 0.5) is 0 Å². The molecule has 0 unspecified atom stereocenters. The standard InChI is InChI=1S/C14H22OS/c1-3-5-7-11-9-10-13(15)14(16)12(11)8-6-4-2/h9-10,15-16H,3-8H2,1-2H3. The molecule has 1 rings (SSSR count). The average Bonchev–Trinajstić information content (AvgIpc) is 2.29. The number of thiol groups is 1. The van der Waals surface area contributed by atoms with Crippen LogP contribution in [0.15, 0.2) is 17.0 Å². The lowest BCUT2D eigenvalue weighted by molar-refractivity contribution is 0.460. The highest BCUT2D eigenvalue weighted by atomic mass is 32.1. The van der Waals surface area contributed by atoms with Crippen molar-refractivity contribution in [1.29, 1.82) is 0 Å². The van der Waals surface area contributed by atoms with Gasteiger partial charge in [-0.05, 0) is 42.9 Å². The largest absolute Gasteiger partial charge is 0.507 e. The Balaban J connectivity index is 2.91. The molecular weight excluding hydrogens is 216 g/mol. The summed E-state index contributed by atoms with van der Waals surface area (Å²) in [6.45, 7) is 4.39. The van der Waals surface area contributed by atoms with Crippen LogP contribution in [-0.4, -0.2) is 5.11 Å². The van der Waals surface area contributed by atoms with E-state index in [9.17, 15) is 5.11 Å². The van der Waals surface area contributed by atoms with Crippen LogP contribution < -0.4 is 0 Å². The van der Waals surface area contributed by atoms with Crippen LogP contribution in [0.5, 0.6) is 5.75 Å². The van der Waals surface area contributed by atoms with E-state index < -0.39 is 0 Å². The predicted octanol–water partition coefficient (Wildman–Crippen LogP) is 4.37. The highest BCUT2D eigenvalue weighted by molar-refractivity contribution is 7.80. The van der Waals surface area contributed by atoms with Crippen molar-refractivity contribution < 1.29 is 5.11 Å². The molecule has 1 aromatic rings. The number of phenolic OH excluding ortho intramolecular Hbond substituents is 1. The second-order valence-electron chi connectivity index (χ2n) is 4.28. The smallest absolute Gasteiger partial charge is 0.129 e. The van der Waals surface area contributed by atoms with Crippen LogP contribution in [0.3, 0.4) is 0 Å². The molecular formula is C14H22OS. The van der Waals surface area contributed by atoms with Crippen LogP contribution in [0, 0.1) is 0 Å². The van der Waals surface area contributed by atoms with Crippen LogP contribution in [0.25, 0.3) is 0 Å². The fourth-order valence-electron chi connectivity index (χ4n) is 1.90. The summed E-state index contributed by atoms with van der Waals surface area (Å²) in [6.07, 6.45) is 6.88. The zero-order valence-corrected chi connectivity index (χ0v) is 11.2. The van der Waals surface area contributed by atoms with Crippen molar-refractivity contribution in [3.8, 4) is 5.75 Å². The van der Waals surface area contributed by atoms with E-state index in [0.29, 0.717) is 5.75 Å². The average molecular weight is 238 g/mol. The second kappa shape index (κ2) is 6.85. The normalized spacial score (nSPS) is 10.7. The number of aryl methyl sites for hydroxylation is 1. The van der Waals surface area contributed by atoms with Gasteiger partial charge >= 0.3 is 0 Å². The Kier molecular flexibility index (Phi) is 5.75. The Labute approximate surface area is 104 Å². The van der Waals surface area contributed by atoms with Gasteiger partial charge in [0.25, 0.3) is 0 Å². The van der Waals surface area contributed by atoms with E-state index in [1.165, 1.54) is 30.4 Å². The van der Waals surface area contributed by atoms with Gasteiger partial charge in [-0.25, -0.2) is 0 Å². The zero-order chi connectivity index (χ0) is 12.0. The number of hydrogen-bond acceptors (Lipinski definition) is 2. The molecule has 1 N–H and O–H groups in total.